The van der Waals surface area contributed by atoms with Crippen LogP contribution in [0.25, 0.3) is 22.4 Å². The van der Waals surface area contributed by atoms with Crippen molar-refractivity contribution < 1.29 is 4.79 Å². The standard InChI is InChI=1S/C23H21N3O/c1-15-8-11-19-21(12-15)26-23(25-19)18-10-9-16(2)20(14-18)24-22(27)13-17-6-4-3-5-7-17/h3-12,14H,13H2,1-2H3,(H,24,27)(H,25,26). The van der Waals surface area contributed by atoms with Crippen LogP contribution in [0.5, 0.6) is 0 Å². The highest BCUT2D eigenvalue weighted by Crippen LogP contribution is 2.26. The lowest BCUT2D eigenvalue weighted by molar-refractivity contribution is -0.115. The normalized spacial score (nSPS) is 10.9. The van der Waals surface area contributed by atoms with Crippen LogP contribution < -0.4 is 5.32 Å². The van der Waals surface area contributed by atoms with Gasteiger partial charge in [0.25, 0.3) is 0 Å². The molecule has 0 aliphatic heterocycles. The van der Waals surface area contributed by atoms with Gasteiger partial charge in [0.2, 0.25) is 5.91 Å². The molecule has 0 atom stereocenters. The third-order valence-corrected chi connectivity index (χ3v) is 4.63. The first-order valence-corrected chi connectivity index (χ1v) is 9.00. The molecule has 1 aromatic heterocycles. The smallest absolute Gasteiger partial charge is 0.228 e. The number of imidazole rings is 1. The first-order valence-electron chi connectivity index (χ1n) is 9.00. The van der Waals surface area contributed by atoms with E-state index in [0.29, 0.717) is 6.42 Å². The number of fused-ring (bicyclic) bond motifs is 1. The summed E-state index contributed by atoms with van der Waals surface area (Å²) < 4.78 is 0. The molecule has 2 N–H and O–H groups in total. The monoisotopic (exact) mass is 355 g/mol. The molecule has 0 saturated carbocycles. The lowest BCUT2D eigenvalue weighted by Crippen LogP contribution is -2.15. The van der Waals surface area contributed by atoms with Gasteiger partial charge in [-0.25, -0.2) is 4.98 Å². The molecule has 0 aliphatic carbocycles. The highest BCUT2D eigenvalue weighted by molar-refractivity contribution is 5.93. The summed E-state index contributed by atoms with van der Waals surface area (Å²) in [4.78, 5) is 20.5. The van der Waals surface area contributed by atoms with Crippen LogP contribution >= 0.6 is 0 Å². The SMILES string of the molecule is Cc1ccc2nc(-c3ccc(C)c(NC(=O)Cc4ccccc4)c3)[nH]c2c1. The summed E-state index contributed by atoms with van der Waals surface area (Å²) in [6.45, 7) is 4.05. The second-order valence-electron chi connectivity index (χ2n) is 6.85. The van der Waals surface area contributed by atoms with Gasteiger partial charge in [-0.1, -0.05) is 48.5 Å². The van der Waals surface area contributed by atoms with E-state index in [1.807, 2.05) is 61.5 Å². The predicted molar refractivity (Wildman–Crippen MR) is 110 cm³/mol. The van der Waals surface area contributed by atoms with Crippen molar-refractivity contribution in [3.63, 3.8) is 0 Å². The second-order valence-corrected chi connectivity index (χ2v) is 6.85. The minimum atomic E-state index is -0.0262. The maximum atomic E-state index is 12.4. The molecule has 0 aliphatic rings. The molecule has 4 nitrogen and oxygen atoms in total. The molecule has 0 unspecified atom stereocenters. The van der Waals surface area contributed by atoms with E-state index in [0.717, 1.165) is 39.2 Å². The molecule has 0 spiro atoms. The van der Waals surface area contributed by atoms with Crippen molar-refractivity contribution in [3.8, 4) is 11.4 Å². The van der Waals surface area contributed by atoms with Gasteiger partial charge >= 0.3 is 0 Å². The summed E-state index contributed by atoms with van der Waals surface area (Å²) in [5, 5.41) is 3.03. The van der Waals surface area contributed by atoms with Gasteiger partial charge in [-0.15, -0.1) is 0 Å². The molecule has 4 rings (SSSR count). The molecule has 0 radical (unpaired) electrons. The van der Waals surface area contributed by atoms with E-state index in [4.69, 9.17) is 0 Å². The van der Waals surface area contributed by atoms with Crippen molar-refractivity contribution in [2.45, 2.75) is 20.3 Å². The third kappa shape index (κ3) is 3.75. The predicted octanol–water partition coefficient (Wildman–Crippen LogP) is 5.03. The van der Waals surface area contributed by atoms with E-state index >= 15 is 0 Å². The zero-order valence-electron chi connectivity index (χ0n) is 15.4. The molecular formula is C23H21N3O. The third-order valence-electron chi connectivity index (χ3n) is 4.63. The zero-order valence-corrected chi connectivity index (χ0v) is 15.4. The van der Waals surface area contributed by atoms with E-state index in [-0.39, 0.29) is 5.91 Å². The maximum Gasteiger partial charge on any atom is 0.228 e. The number of hydrogen-bond acceptors (Lipinski definition) is 2. The molecule has 3 aromatic carbocycles. The van der Waals surface area contributed by atoms with Crippen molar-refractivity contribution in [2.24, 2.45) is 0 Å². The maximum absolute atomic E-state index is 12.4. The van der Waals surface area contributed by atoms with Crippen LogP contribution in [0.4, 0.5) is 5.69 Å². The average molecular weight is 355 g/mol. The number of benzene rings is 3. The van der Waals surface area contributed by atoms with Crippen LogP contribution in [0, 0.1) is 13.8 Å². The fourth-order valence-corrected chi connectivity index (χ4v) is 3.14. The molecule has 27 heavy (non-hydrogen) atoms. The fraction of sp³-hybridized carbons (Fsp3) is 0.130. The lowest BCUT2D eigenvalue weighted by Gasteiger charge is -2.10. The molecule has 134 valence electrons. The van der Waals surface area contributed by atoms with Gasteiger partial charge in [0.15, 0.2) is 0 Å². The van der Waals surface area contributed by atoms with E-state index < -0.39 is 0 Å². The number of rotatable bonds is 4. The first kappa shape index (κ1) is 17.0. The van der Waals surface area contributed by atoms with Gasteiger partial charge in [-0.3, -0.25) is 4.79 Å². The number of aryl methyl sites for hydroxylation is 2. The highest BCUT2D eigenvalue weighted by atomic mass is 16.1. The summed E-state index contributed by atoms with van der Waals surface area (Å²) in [5.41, 5.74) is 6.92. The molecule has 4 heteroatoms. The van der Waals surface area contributed by atoms with E-state index in [2.05, 4.69) is 34.3 Å². The van der Waals surface area contributed by atoms with Crippen molar-refractivity contribution in [1.29, 1.82) is 0 Å². The molecule has 0 saturated heterocycles. The van der Waals surface area contributed by atoms with Gasteiger partial charge in [-0.05, 0) is 48.7 Å². The topological polar surface area (TPSA) is 57.8 Å². The summed E-state index contributed by atoms with van der Waals surface area (Å²) in [5.74, 6) is 0.774. The van der Waals surface area contributed by atoms with Crippen LogP contribution in [-0.4, -0.2) is 15.9 Å². The number of anilines is 1. The second kappa shape index (κ2) is 7.08. The molecule has 1 heterocycles. The fourth-order valence-electron chi connectivity index (χ4n) is 3.14. The Kier molecular flexibility index (Phi) is 4.47. The van der Waals surface area contributed by atoms with Gasteiger partial charge in [0, 0.05) is 11.3 Å². The minimum absolute atomic E-state index is 0.0262. The van der Waals surface area contributed by atoms with Crippen LogP contribution in [0.2, 0.25) is 0 Å². The van der Waals surface area contributed by atoms with Gasteiger partial charge < -0.3 is 10.3 Å². The van der Waals surface area contributed by atoms with Crippen molar-refractivity contribution >= 4 is 22.6 Å². The minimum Gasteiger partial charge on any atom is -0.338 e. The number of aromatic amines is 1. The van der Waals surface area contributed by atoms with Crippen LogP contribution in [0.15, 0.2) is 66.7 Å². The van der Waals surface area contributed by atoms with E-state index in [1.165, 1.54) is 5.56 Å². The van der Waals surface area contributed by atoms with Crippen LogP contribution in [-0.2, 0) is 11.2 Å². The Labute approximate surface area is 158 Å². The highest BCUT2D eigenvalue weighted by Gasteiger charge is 2.10. The summed E-state index contributed by atoms with van der Waals surface area (Å²) in [6.07, 6.45) is 0.356. The van der Waals surface area contributed by atoms with Gasteiger partial charge in [-0.2, -0.15) is 0 Å². The average Bonchev–Trinajstić information content (AvgIpc) is 3.07. The molecule has 0 fully saturated rings. The Balaban J connectivity index is 1.59. The Morgan fingerprint density at radius 2 is 1.81 bits per heavy atom. The number of carbonyl (C=O) groups excluding carboxylic acids is 1. The molecule has 0 bridgehead atoms. The summed E-state index contributed by atoms with van der Waals surface area (Å²) in [7, 11) is 0. The Morgan fingerprint density at radius 3 is 2.63 bits per heavy atom. The quantitative estimate of drug-likeness (QED) is 0.539. The van der Waals surface area contributed by atoms with Crippen molar-refractivity contribution in [2.75, 3.05) is 5.32 Å². The number of amides is 1. The number of carbonyl (C=O) groups is 1. The van der Waals surface area contributed by atoms with Gasteiger partial charge in [0.1, 0.15) is 5.82 Å². The number of nitrogens with zero attached hydrogens (tertiary/aromatic N) is 1. The largest absolute Gasteiger partial charge is 0.338 e. The number of nitrogens with one attached hydrogen (secondary N) is 2. The van der Waals surface area contributed by atoms with Gasteiger partial charge in [0.05, 0.1) is 17.5 Å². The number of hydrogen-bond donors (Lipinski definition) is 2. The number of aromatic nitrogens is 2. The zero-order chi connectivity index (χ0) is 18.8. The molecular weight excluding hydrogens is 334 g/mol. The van der Waals surface area contributed by atoms with E-state index in [9.17, 15) is 4.79 Å². The summed E-state index contributed by atoms with van der Waals surface area (Å²) >= 11 is 0. The van der Waals surface area contributed by atoms with E-state index in [1.54, 1.807) is 0 Å². The van der Waals surface area contributed by atoms with Crippen LogP contribution in [0.1, 0.15) is 16.7 Å². The Morgan fingerprint density at radius 1 is 1.00 bits per heavy atom. The Hall–Kier alpha value is -3.40. The van der Waals surface area contributed by atoms with Crippen LogP contribution in [0.3, 0.4) is 0 Å². The van der Waals surface area contributed by atoms with Crippen molar-refractivity contribution in [1.82, 2.24) is 9.97 Å². The Bertz CT molecular complexity index is 1110. The van der Waals surface area contributed by atoms with Crippen molar-refractivity contribution in [3.05, 3.63) is 83.4 Å². The summed E-state index contributed by atoms with van der Waals surface area (Å²) in [6, 6.07) is 21.9. The molecule has 4 aromatic rings. The number of H-pyrrole nitrogens is 1. The lowest BCUT2D eigenvalue weighted by atomic mass is 10.1. The first-order chi connectivity index (χ1) is 13.1. The molecule has 1 amide bonds.